The summed E-state index contributed by atoms with van der Waals surface area (Å²) in [6, 6.07) is -0.654. The van der Waals surface area contributed by atoms with E-state index in [0.717, 1.165) is 18.4 Å². The van der Waals surface area contributed by atoms with Crippen LogP contribution < -0.4 is 0 Å². The molecule has 0 aromatic rings. The predicted octanol–water partition coefficient (Wildman–Crippen LogP) is 3.96. The first-order chi connectivity index (χ1) is 13.4. The minimum absolute atomic E-state index is 0.201. The van der Waals surface area contributed by atoms with Gasteiger partial charge in [-0.2, -0.15) is 0 Å². The Balaban J connectivity index is 2.17. The number of hydrogen-bond acceptors (Lipinski definition) is 7. The van der Waals surface area contributed by atoms with Crippen LogP contribution in [0.4, 0.5) is 4.79 Å². The highest BCUT2D eigenvalue weighted by atomic mass is 31.2. The third kappa shape index (κ3) is 5.58. The van der Waals surface area contributed by atoms with E-state index >= 15 is 0 Å². The molecule has 8 nitrogen and oxygen atoms in total. The molecular formula is C19H32NO7P. The quantitative estimate of drug-likeness (QED) is 0.457. The average Bonchev–Trinajstić information content (AvgIpc) is 2.66. The first-order valence-electron chi connectivity index (χ1n) is 9.98. The van der Waals surface area contributed by atoms with Crippen molar-refractivity contribution in [2.24, 2.45) is 11.8 Å². The Kier molecular flexibility index (Phi) is 8.53. The fourth-order valence-electron chi connectivity index (χ4n) is 4.12. The van der Waals surface area contributed by atoms with Gasteiger partial charge in [-0.05, 0) is 58.3 Å². The number of allylic oxidation sites excluding steroid dienone is 1. The number of amides is 1. The molecule has 0 aromatic heterocycles. The van der Waals surface area contributed by atoms with Gasteiger partial charge in [0.2, 0.25) is 0 Å². The van der Waals surface area contributed by atoms with Crippen molar-refractivity contribution < 1.29 is 32.7 Å². The van der Waals surface area contributed by atoms with Crippen molar-refractivity contribution in [3.8, 4) is 0 Å². The summed E-state index contributed by atoms with van der Waals surface area (Å²) in [5.74, 6) is 1.71. The van der Waals surface area contributed by atoms with Gasteiger partial charge in [0.25, 0.3) is 0 Å². The molecule has 3 atom stereocenters. The normalized spacial score (nSPS) is 26.6. The Bertz CT molecular complexity index is 626. The molecule has 160 valence electrons. The van der Waals surface area contributed by atoms with Crippen LogP contribution in [0.5, 0.6) is 0 Å². The summed E-state index contributed by atoms with van der Waals surface area (Å²) in [5, 5.41) is 0. The van der Waals surface area contributed by atoms with Crippen LogP contribution in [0.3, 0.4) is 0 Å². The van der Waals surface area contributed by atoms with E-state index in [1.54, 1.807) is 26.6 Å². The lowest BCUT2D eigenvalue weighted by Gasteiger charge is -2.44. The molecule has 1 saturated heterocycles. The number of ether oxygens (including phenoxy) is 2. The molecule has 0 unspecified atom stereocenters. The molecule has 9 heteroatoms. The summed E-state index contributed by atoms with van der Waals surface area (Å²) in [5.41, 5.74) is 1.03. The second-order valence-electron chi connectivity index (χ2n) is 7.05. The highest BCUT2D eigenvalue weighted by Gasteiger charge is 2.44. The standard InChI is InChI=1S/C19H32NO7P/c1-5-25-18(21)17-11-16-10-14(13-28(23,26-6-2)27-7-3)8-9-15(16)12-20(17)19(22)24-4/h13,15-17H,5-12H2,1-4H3/b14-13+/t15-,16-,17+/m1/s1. The van der Waals surface area contributed by atoms with Gasteiger partial charge in [-0.15, -0.1) is 0 Å². The van der Waals surface area contributed by atoms with E-state index in [-0.39, 0.29) is 18.4 Å². The number of methoxy groups -OCH3 is 1. The molecule has 1 aliphatic carbocycles. The Morgan fingerprint density at radius 3 is 2.39 bits per heavy atom. The van der Waals surface area contributed by atoms with E-state index in [1.165, 1.54) is 12.0 Å². The Morgan fingerprint density at radius 2 is 1.82 bits per heavy atom. The smallest absolute Gasteiger partial charge is 0.410 e. The van der Waals surface area contributed by atoms with Gasteiger partial charge in [0, 0.05) is 12.4 Å². The monoisotopic (exact) mass is 417 g/mol. The summed E-state index contributed by atoms with van der Waals surface area (Å²) in [4.78, 5) is 26.1. The molecular weight excluding hydrogens is 385 g/mol. The lowest BCUT2D eigenvalue weighted by Crippen LogP contribution is -2.54. The summed E-state index contributed by atoms with van der Waals surface area (Å²) in [7, 11) is -1.93. The zero-order valence-corrected chi connectivity index (χ0v) is 18.1. The minimum Gasteiger partial charge on any atom is -0.464 e. The molecule has 0 N–H and O–H groups in total. The largest absolute Gasteiger partial charge is 0.464 e. The Hall–Kier alpha value is -1.37. The highest BCUT2D eigenvalue weighted by molar-refractivity contribution is 7.57. The van der Waals surface area contributed by atoms with E-state index in [1.807, 2.05) is 0 Å². The molecule has 1 amide bonds. The number of fused-ring (bicyclic) bond motifs is 1. The fourth-order valence-corrected chi connectivity index (χ4v) is 5.74. The number of esters is 1. The number of hydrogen-bond donors (Lipinski definition) is 0. The number of carbonyl (C=O) groups excluding carboxylic acids is 2. The van der Waals surface area contributed by atoms with Gasteiger partial charge in [-0.1, -0.05) is 5.57 Å². The molecule has 2 aliphatic rings. The summed E-state index contributed by atoms with van der Waals surface area (Å²) in [6.45, 7) is 6.66. The maximum absolute atomic E-state index is 12.8. The lowest BCUT2D eigenvalue weighted by molar-refractivity contribution is -0.152. The SMILES string of the molecule is CCOC(=O)[C@@H]1C[C@H]2C/C(=C/P(=O)(OCC)OCC)CC[C@@H]2CN1C(=O)OC. The Labute approximate surface area is 167 Å². The van der Waals surface area contributed by atoms with Crippen LogP contribution in [0.1, 0.15) is 46.5 Å². The van der Waals surface area contributed by atoms with Crippen LogP contribution in [0.15, 0.2) is 11.4 Å². The van der Waals surface area contributed by atoms with Gasteiger partial charge in [-0.25, -0.2) is 9.59 Å². The van der Waals surface area contributed by atoms with Crippen LogP contribution in [0, 0.1) is 11.8 Å². The van der Waals surface area contributed by atoms with Crippen LogP contribution >= 0.6 is 7.60 Å². The predicted molar refractivity (Wildman–Crippen MR) is 104 cm³/mol. The molecule has 0 spiro atoms. The topological polar surface area (TPSA) is 91.4 Å². The average molecular weight is 417 g/mol. The molecule has 1 saturated carbocycles. The molecule has 1 aliphatic heterocycles. The molecule has 1 heterocycles. The van der Waals surface area contributed by atoms with Gasteiger partial charge in [-0.3, -0.25) is 9.46 Å². The zero-order chi connectivity index (χ0) is 20.7. The van der Waals surface area contributed by atoms with E-state index < -0.39 is 25.7 Å². The van der Waals surface area contributed by atoms with Crippen molar-refractivity contribution in [1.82, 2.24) is 4.90 Å². The van der Waals surface area contributed by atoms with Crippen LogP contribution in [0.2, 0.25) is 0 Å². The van der Waals surface area contributed by atoms with Crippen molar-refractivity contribution >= 4 is 19.7 Å². The minimum atomic E-state index is -3.25. The number of carbonyl (C=O) groups is 2. The maximum Gasteiger partial charge on any atom is 0.410 e. The second kappa shape index (κ2) is 10.4. The maximum atomic E-state index is 12.8. The first kappa shape index (κ1) is 22.9. The highest BCUT2D eigenvalue weighted by Crippen LogP contribution is 2.53. The van der Waals surface area contributed by atoms with Crippen LogP contribution in [0.25, 0.3) is 0 Å². The van der Waals surface area contributed by atoms with Crippen molar-refractivity contribution in [2.75, 3.05) is 33.5 Å². The Morgan fingerprint density at radius 1 is 1.14 bits per heavy atom. The molecule has 28 heavy (non-hydrogen) atoms. The van der Waals surface area contributed by atoms with Crippen molar-refractivity contribution in [3.63, 3.8) is 0 Å². The zero-order valence-electron chi connectivity index (χ0n) is 17.2. The number of likely N-dealkylation sites (tertiary alicyclic amines) is 1. The van der Waals surface area contributed by atoms with Crippen molar-refractivity contribution in [2.45, 2.75) is 52.5 Å². The number of nitrogens with zero attached hydrogens (tertiary/aromatic N) is 1. The molecule has 0 radical (unpaired) electrons. The van der Waals surface area contributed by atoms with Gasteiger partial charge in [0.15, 0.2) is 0 Å². The lowest BCUT2D eigenvalue weighted by atomic mass is 9.71. The molecule has 0 aromatic carbocycles. The van der Waals surface area contributed by atoms with Crippen molar-refractivity contribution in [3.05, 3.63) is 11.4 Å². The van der Waals surface area contributed by atoms with Gasteiger partial charge >= 0.3 is 19.7 Å². The summed E-state index contributed by atoms with van der Waals surface area (Å²) in [6.07, 6.45) is 2.32. The summed E-state index contributed by atoms with van der Waals surface area (Å²) >= 11 is 0. The van der Waals surface area contributed by atoms with Gasteiger partial charge in [0.1, 0.15) is 6.04 Å². The molecule has 2 rings (SSSR count). The van der Waals surface area contributed by atoms with E-state index in [4.69, 9.17) is 18.5 Å². The van der Waals surface area contributed by atoms with E-state index in [9.17, 15) is 14.2 Å². The number of piperidine rings is 1. The van der Waals surface area contributed by atoms with E-state index in [0.29, 0.717) is 32.6 Å². The summed E-state index contributed by atoms with van der Waals surface area (Å²) < 4.78 is 33.6. The van der Waals surface area contributed by atoms with E-state index in [2.05, 4.69) is 0 Å². The third-order valence-electron chi connectivity index (χ3n) is 5.29. The van der Waals surface area contributed by atoms with Crippen LogP contribution in [-0.4, -0.2) is 56.5 Å². The van der Waals surface area contributed by atoms with Crippen molar-refractivity contribution in [1.29, 1.82) is 0 Å². The second-order valence-corrected chi connectivity index (χ2v) is 8.91. The fraction of sp³-hybridized carbons (Fsp3) is 0.789. The van der Waals surface area contributed by atoms with Gasteiger partial charge < -0.3 is 18.5 Å². The third-order valence-corrected chi connectivity index (χ3v) is 7.20. The molecule has 2 fully saturated rings. The molecule has 0 bridgehead atoms. The van der Waals surface area contributed by atoms with Crippen LogP contribution in [-0.2, 0) is 27.9 Å². The van der Waals surface area contributed by atoms with Gasteiger partial charge in [0.05, 0.1) is 26.9 Å². The first-order valence-corrected chi connectivity index (χ1v) is 11.6. The number of rotatable bonds is 7.